The van der Waals surface area contributed by atoms with Gasteiger partial charge >= 0.3 is 0 Å². The van der Waals surface area contributed by atoms with Crippen molar-refractivity contribution in [3.63, 3.8) is 0 Å². The Bertz CT molecular complexity index is 335. The summed E-state index contributed by atoms with van der Waals surface area (Å²) in [6.45, 7) is 2.29. The third-order valence-electron chi connectivity index (χ3n) is 2.69. The fourth-order valence-corrected chi connectivity index (χ4v) is 1.87. The van der Waals surface area contributed by atoms with E-state index in [1.165, 1.54) is 18.5 Å². The van der Waals surface area contributed by atoms with Crippen LogP contribution in [0.4, 0.5) is 11.4 Å². The van der Waals surface area contributed by atoms with Crippen molar-refractivity contribution in [1.29, 1.82) is 0 Å². The number of nitrogens with two attached hydrogens (primary N) is 1. The third-order valence-corrected chi connectivity index (χ3v) is 2.69. The predicted octanol–water partition coefficient (Wildman–Crippen LogP) is 1.71. The Morgan fingerprint density at radius 2 is 1.82 bits per heavy atom. The molecule has 0 saturated carbocycles. The Kier molecular flexibility index (Phi) is 5.63. The molecule has 1 aliphatic heterocycles. The first-order chi connectivity index (χ1) is 8.22. The van der Waals surface area contributed by atoms with Gasteiger partial charge in [0.1, 0.15) is 5.75 Å². The Labute approximate surface area is 104 Å². The van der Waals surface area contributed by atoms with Gasteiger partial charge < -0.3 is 20.7 Å². The summed E-state index contributed by atoms with van der Waals surface area (Å²) in [4.78, 5) is 2.36. The molecular weight excluding hydrogens is 214 g/mol. The van der Waals surface area contributed by atoms with Crippen LogP contribution in [0.3, 0.4) is 0 Å². The van der Waals surface area contributed by atoms with E-state index in [4.69, 9.17) is 10.5 Å². The number of nitrogens with one attached hydrogen (secondary N) is 1. The highest BCUT2D eigenvalue weighted by Gasteiger charge is 2.13. The molecule has 3 N–H and O–H groups in total. The maximum Gasteiger partial charge on any atom is 0.143 e. The zero-order valence-corrected chi connectivity index (χ0v) is 11.0. The molecule has 0 atom stereocenters. The molecule has 1 fully saturated rings. The summed E-state index contributed by atoms with van der Waals surface area (Å²) in [6, 6.07) is 5.98. The van der Waals surface area contributed by atoms with Gasteiger partial charge in [0.15, 0.2) is 0 Å². The minimum Gasteiger partial charge on any atom is -0.495 e. The fourth-order valence-electron chi connectivity index (χ4n) is 1.87. The van der Waals surface area contributed by atoms with Crippen LogP contribution in [0.2, 0.25) is 0 Å². The van der Waals surface area contributed by atoms with Gasteiger partial charge in [-0.05, 0) is 39.1 Å². The summed E-state index contributed by atoms with van der Waals surface area (Å²) in [5, 5.41) is 2.75. The van der Waals surface area contributed by atoms with Crippen LogP contribution in [-0.4, -0.2) is 34.3 Å². The Morgan fingerprint density at radius 3 is 2.35 bits per heavy atom. The summed E-state index contributed by atoms with van der Waals surface area (Å²) in [5.41, 5.74) is 7.68. The third kappa shape index (κ3) is 3.82. The van der Waals surface area contributed by atoms with Gasteiger partial charge in [-0.1, -0.05) is 0 Å². The highest BCUT2D eigenvalue weighted by Crippen LogP contribution is 2.29. The van der Waals surface area contributed by atoms with E-state index in [1.807, 2.05) is 26.2 Å². The first-order valence-electron chi connectivity index (χ1n) is 6.00. The van der Waals surface area contributed by atoms with Crippen molar-refractivity contribution in [3.8, 4) is 5.75 Å². The van der Waals surface area contributed by atoms with Gasteiger partial charge in [0.2, 0.25) is 0 Å². The lowest BCUT2D eigenvalue weighted by atomic mass is 10.2. The summed E-state index contributed by atoms with van der Waals surface area (Å²) in [7, 11) is 5.40. The average molecular weight is 237 g/mol. The molecule has 17 heavy (non-hydrogen) atoms. The average Bonchev–Trinajstić information content (AvgIpc) is 2.84. The second-order valence-corrected chi connectivity index (χ2v) is 4.12. The maximum absolute atomic E-state index is 5.76. The predicted molar refractivity (Wildman–Crippen MR) is 73.8 cm³/mol. The number of rotatable bonds is 2. The van der Waals surface area contributed by atoms with Crippen LogP contribution in [0.5, 0.6) is 5.75 Å². The highest BCUT2D eigenvalue weighted by molar-refractivity contribution is 5.62. The number of anilines is 2. The van der Waals surface area contributed by atoms with Crippen LogP contribution in [0, 0.1) is 0 Å². The van der Waals surface area contributed by atoms with Gasteiger partial charge in [-0.25, -0.2) is 0 Å². The van der Waals surface area contributed by atoms with E-state index in [0.717, 1.165) is 18.8 Å². The van der Waals surface area contributed by atoms with Crippen LogP contribution >= 0.6 is 0 Å². The molecule has 2 rings (SSSR count). The number of hydrogen-bond donors (Lipinski definition) is 2. The van der Waals surface area contributed by atoms with Gasteiger partial charge in [-0.15, -0.1) is 0 Å². The van der Waals surface area contributed by atoms with Crippen LogP contribution in [-0.2, 0) is 0 Å². The van der Waals surface area contributed by atoms with E-state index in [9.17, 15) is 0 Å². The molecule has 1 aromatic rings. The lowest BCUT2D eigenvalue weighted by Gasteiger charge is -2.18. The number of nitrogen functional groups attached to an aromatic ring is 1. The normalized spacial score (nSPS) is 14.2. The topological polar surface area (TPSA) is 50.5 Å². The minimum absolute atomic E-state index is 0.704. The molecule has 0 aromatic heterocycles. The molecule has 0 aliphatic carbocycles. The smallest absolute Gasteiger partial charge is 0.143 e. The molecule has 0 spiro atoms. The first kappa shape index (κ1) is 13.6. The zero-order chi connectivity index (χ0) is 12.7. The Morgan fingerprint density at radius 1 is 1.24 bits per heavy atom. The van der Waals surface area contributed by atoms with Crippen molar-refractivity contribution in [2.45, 2.75) is 12.8 Å². The molecule has 0 amide bonds. The molecule has 4 heteroatoms. The van der Waals surface area contributed by atoms with Gasteiger partial charge in [0.25, 0.3) is 0 Å². The van der Waals surface area contributed by atoms with Crippen molar-refractivity contribution in [3.05, 3.63) is 18.2 Å². The summed E-state index contributed by atoms with van der Waals surface area (Å²) < 4.78 is 5.19. The number of nitrogens with zero attached hydrogens (tertiary/aromatic N) is 1. The summed E-state index contributed by atoms with van der Waals surface area (Å²) in [5.74, 6) is 0.773. The fraction of sp³-hybridized carbons (Fsp3) is 0.538. The van der Waals surface area contributed by atoms with Crippen LogP contribution in [0.1, 0.15) is 12.8 Å². The van der Waals surface area contributed by atoms with Crippen LogP contribution in [0.25, 0.3) is 0 Å². The second-order valence-electron chi connectivity index (χ2n) is 4.12. The van der Waals surface area contributed by atoms with Gasteiger partial charge in [0, 0.05) is 24.8 Å². The molecule has 1 heterocycles. The number of ether oxygens (including phenoxy) is 1. The molecule has 0 bridgehead atoms. The number of methoxy groups -OCH3 is 1. The second kappa shape index (κ2) is 7.01. The molecule has 1 aromatic carbocycles. The quantitative estimate of drug-likeness (QED) is 0.769. The molecule has 0 unspecified atom stereocenters. The van der Waals surface area contributed by atoms with E-state index in [0.29, 0.717) is 5.69 Å². The summed E-state index contributed by atoms with van der Waals surface area (Å²) in [6.07, 6.45) is 2.57. The van der Waals surface area contributed by atoms with E-state index < -0.39 is 0 Å². The van der Waals surface area contributed by atoms with E-state index in [1.54, 1.807) is 7.11 Å². The Hall–Kier alpha value is -1.42. The molecule has 1 aliphatic rings. The molecular formula is C13H23N3O. The van der Waals surface area contributed by atoms with Crippen molar-refractivity contribution >= 4 is 11.4 Å². The standard InChI is InChI=1S/C11H16N2O.C2H7N/c1-14-11-8-9(4-5-10(11)12)13-6-2-3-7-13;1-3-2/h4-5,8H,2-3,6-7,12H2,1H3;3H,1-2H3. The SMILES string of the molecule is CNC.COc1cc(N2CCCC2)ccc1N. The number of benzene rings is 1. The van der Waals surface area contributed by atoms with Crippen LogP contribution in [0.15, 0.2) is 18.2 Å². The van der Waals surface area contributed by atoms with Gasteiger partial charge in [0.05, 0.1) is 12.8 Å². The zero-order valence-electron chi connectivity index (χ0n) is 11.0. The molecule has 1 saturated heterocycles. The van der Waals surface area contributed by atoms with Crippen LogP contribution < -0.4 is 20.7 Å². The minimum atomic E-state index is 0.704. The van der Waals surface area contributed by atoms with E-state index in [-0.39, 0.29) is 0 Å². The van der Waals surface area contributed by atoms with Gasteiger partial charge in [-0.2, -0.15) is 0 Å². The van der Waals surface area contributed by atoms with Crippen molar-refractivity contribution in [2.75, 3.05) is 44.9 Å². The molecule has 0 radical (unpaired) electrons. The lowest BCUT2D eigenvalue weighted by molar-refractivity contribution is 0.417. The lowest BCUT2D eigenvalue weighted by Crippen LogP contribution is -2.17. The molecule has 4 nitrogen and oxygen atoms in total. The maximum atomic E-state index is 5.76. The monoisotopic (exact) mass is 237 g/mol. The highest BCUT2D eigenvalue weighted by atomic mass is 16.5. The van der Waals surface area contributed by atoms with Crippen molar-refractivity contribution in [2.24, 2.45) is 0 Å². The molecule has 96 valence electrons. The largest absolute Gasteiger partial charge is 0.495 e. The van der Waals surface area contributed by atoms with Crippen molar-refractivity contribution in [1.82, 2.24) is 5.32 Å². The summed E-state index contributed by atoms with van der Waals surface area (Å²) >= 11 is 0. The Balaban J connectivity index is 0.000000437. The van der Waals surface area contributed by atoms with E-state index >= 15 is 0 Å². The van der Waals surface area contributed by atoms with Gasteiger partial charge in [-0.3, -0.25) is 0 Å². The van der Waals surface area contributed by atoms with E-state index in [2.05, 4.69) is 16.3 Å². The van der Waals surface area contributed by atoms with Crippen molar-refractivity contribution < 1.29 is 4.74 Å². The number of hydrogen-bond acceptors (Lipinski definition) is 4. The first-order valence-corrected chi connectivity index (χ1v) is 6.00.